The molecular formula is C11H13N5S. The molecular weight excluding hydrogens is 234 g/mol. The monoisotopic (exact) mass is 247 g/mol. The molecule has 0 amide bonds. The van der Waals surface area contributed by atoms with Crippen LogP contribution in [0.5, 0.6) is 0 Å². The maximum absolute atomic E-state index is 5.65. The molecule has 5 nitrogen and oxygen atoms in total. The molecule has 17 heavy (non-hydrogen) atoms. The summed E-state index contributed by atoms with van der Waals surface area (Å²) >= 11 is 4.99. The van der Waals surface area contributed by atoms with Crippen molar-refractivity contribution in [2.45, 2.75) is 6.92 Å². The first-order valence-corrected chi connectivity index (χ1v) is 5.50. The van der Waals surface area contributed by atoms with E-state index in [1.165, 1.54) is 0 Å². The first-order chi connectivity index (χ1) is 8.08. The highest BCUT2D eigenvalue weighted by Crippen LogP contribution is 2.19. The Kier molecular flexibility index (Phi) is 3.06. The van der Waals surface area contributed by atoms with Crippen molar-refractivity contribution in [3.63, 3.8) is 0 Å². The fraction of sp³-hybridized carbons (Fsp3) is 0.182. The molecule has 2 rings (SSSR count). The fourth-order valence-corrected chi connectivity index (χ4v) is 1.75. The van der Waals surface area contributed by atoms with Crippen LogP contribution in [0.2, 0.25) is 0 Å². The van der Waals surface area contributed by atoms with Crippen LogP contribution in [0.15, 0.2) is 24.5 Å². The smallest absolute Gasteiger partial charge is 0.128 e. The number of hydrogen-bond donors (Lipinski definition) is 2. The van der Waals surface area contributed by atoms with Gasteiger partial charge < -0.3 is 11.1 Å². The number of thiocarbonyl (C=S) groups is 1. The minimum absolute atomic E-state index is 0.341. The highest BCUT2D eigenvalue weighted by Gasteiger charge is 2.07. The van der Waals surface area contributed by atoms with E-state index in [0.29, 0.717) is 4.99 Å². The summed E-state index contributed by atoms with van der Waals surface area (Å²) in [6.45, 7) is 1.93. The van der Waals surface area contributed by atoms with Crippen molar-refractivity contribution in [2.24, 2.45) is 12.8 Å². The Morgan fingerprint density at radius 2 is 2.29 bits per heavy atom. The zero-order valence-electron chi connectivity index (χ0n) is 9.64. The molecule has 88 valence electrons. The highest BCUT2D eigenvalue weighted by molar-refractivity contribution is 7.80. The molecule has 0 fully saturated rings. The fourth-order valence-electron chi connectivity index (χ4n) is 1.57. The van der Waals surface area contributed by atoms with E-state index in [2.05, 4.69) is 15.4 Å². The number of nitrogens with one attached hydrogen (secondary N) is 1. The summed E-state index contributed by atoms with van der Waals surface area (Å²) in [4.78, 5) is 4.39. The minimum atomic E-state index is 0.341. The van der Waals surface area contributed by atoms with Crippen molar-refractivity contribution in [3.8, 4) is 0 Å². The van der Waals surface area contributed by atoms with Crippen molar-refractivity contribution in [2.75, 3.05) is 5.32 Å². The molecule has 2 aromatic rings. The Labute approximate surface area is 105 Å². The zero-order valence-corrected chi connectivity index (χ0v) is 10.5. The van der Waals surface area contributed by atoms with E-state index in [1.54, 1.807) is 23.1 Å². The van der Waals surface area contributed by atoms with Gasteiger partial charge in [-0.3, -0.25) is 9.67 Å². The Morgan fingerprint density at radius 1 is 1.53 bits per heavy atom. The molecule has 0 aliphatic rings. The molecule has 2 aromatic heterocycles. The van der Waals surface area contributed by atoms with Crippen LogP contribution in [-0.2, 0) is 7.05 Å². The SMILES string of the molecule is Cc1cc(Nc2cnccc2C(N)=S)n(C)n1. The lowest BCUT2D eigenvalue weighted by molar-refractivity contribution is 0.765. The Morgan fingerprint density at radius 3 is 2.88 bits per heavy atom. The highest BCUT2D eigenvalue weighted by atomic mass is 32.1. The number of nitrogens with two attached hydrogens (primary N) is 1. The molecule has 0 saturated carbocycles. The van der Waals surface area contributed by atoms with E-state index in [1.807, 2.05) is 20.0 Å². The van der Waals surface area contributed by atoms with Gasteiger partial charge in [0.15, 0.2) is 0 Å². The number of aryl methyl sites for hydroxylation is 2. The predicted octanol–water partition coefficient (Wildman–Crippen LogP) is 1.50. The predicted molar refractivity (Wildman–Crippen MR) is 71.4 cm³/mol. The van der Waals surface area contributed by atoms with E-state index < -0.39 is 0 Å². The van der Waals surface area contributed by atoms with Gasteiger partial charge in [-0.05, 0) is 13.0 Å². The van der Waals surface area contributed by atoms with Crippen LogP contribution in [0.4, 0.5) is 11.5 Å². The largest absolute Gasteiger partial charge is 0.389 e. The minimum Gasteiger partial charge on any atom is -0.389 e. The summed E-state index contributed by atoms with van der Waals surface area (Å²) in [5, 5.41) is 7.46. The van der Waals surface area contributed by atoms with Crippen LogP contribution in [0.25, 0.3) is 0 Å². The third kappa shape index (κ3) is 2.42. The average Bonchev–Trinajstić information content (AvgIpc) is 2.58. The molecule has 0 atom stereocenters. The van der Waals surface area contributed by atoms with E-state index in [9.17, 15) is 0 Å². The number of anilines is 2. The van der Waals surface area contributed by atoms with Crippen LogP contribution in [0, 0.1) is 6.92 Å². The van der Waals surface area contributed by atoms with Gasteiger partial charge in [0.25, 0.3) is 0 Å². The lowest BCUT2D eigenvalue weighted by Crippen LogP contribution is -2.12. The second-order valence-electron chi connectivity index (χ2n) is 3.71. The van der Waals surface area contributed by atoms with Crippen LogP contribution in [-0.4, -0.2) is 19.8 Å². The molecule has 0 aliphatic heterocycles. The van der Waals surface area contributed by atoms with Gasteiger partial charge >= 0.3 is 0 Å². The van der Waals surface area contributed by atoms with Crippen molar-refractivity contribution < 1.29 is 0 Å². The van der Waals surface area contributed by atoms with Crippen molar-refractivity contribution in [1.82, 2.24) is 14.8 Å². The van der Waals surface area contributed by atoms with E-state index in [0.717, 1.165) is 22.8 Å². The molecule has 0 saturated heterocycles. The van der Waals surface area contributed by atoms with Crippen LogP contribution < -0.4 is 11.1 Å². The van der Waals surface area contributed by atoms with Gasteiger partial charge in [-0.2, -0.15) is 5.10 Å². The quantitative estimate of drug-likeness (QED) is 0.804. The first kappa shape index (κ1) is 11.5. The van der Waals surface area contributed by atoms with Crippen molar-refractivity contribution >= 4 is 28.7 Å². The topological polar surface area (TPSA) is 68.8 Å². The van der Waals surface area contributed by atoms with Gasteiger partial charge in [-0.25, -0.2) is 0 Å². The Hall–Kier alpha value is -1.95. The summed E-state index contributed by atoms with van der Waals surface area (Å²) < 4.78 is 1.76. The molecule has 6 heteroatoms. The average molecular weight is 247 g/mol. The Balaban J connectivity index is 2.36. The van der Waals surface area contributed by atoms with Crippen LogP contribution >= 0.6 is 12.2 Å². The van der Waals surface area contributed by atoms with Gasteiger partial charge in [0, 0.05) is 24.9 Å². The molecule has 2 heterocycles. The zero-order chi connectivity index (χ0) is 12.4. The molecule has 0 aliphatic carbocycles. The van der Waals surface area contributed by atoms with Gasteiger partial charge in [-0.15, -0.1) is 0 Å². The summed E-state index contributed by atoms with van der Waals surface area (Å²) in [6, 6.07) is 3.73. The lowest BCUT2D eigenvalue weighted by atomic mass is 10.2. The molecule has 0 bridgehead atoms. The molecule has 3 N–H and O–H groups in total. The maximum atomic E-state index is 5.65. The maximum Gasteiger partial charge on any atom is 0.128 e. The number of pyridine rings is 1. The summed E-state index contributed by atoms with van der Waals surface area (Å²) in [7, 11) is 1.87. The normalized spacial score (nSPS) is 10.2. The second kappa shape index (κ2) is 4.50. The van der Waals surface area contributed by atoms with E-state index in [-0.39, 0.29) is 0 Å². The van der Waals surface area contributed by atoms with Gasteiger partial charge in [0.2, 0.25) is 0 Å². The van der Waals surface area contributed by atoms with Gasteiger partial charge in [0.1, 0.15) is 10.8 Å². The van der Waals surface area contributed by atoms with Crippen LogP contribution in [0.3, 0.4) is 0 Å². The number of nitrogens with zero attached hydrogens (tertiary/aromatic N) is 3. The van der Waals surface area contributed by atoms with Crippen molar-refractivity contribution in [3.05, 3.63) is 35.8 Å². The lowest BCUT2D eigenvalue weighted by Gasteiger charge is -2.10. The molecule has 0 aromatic carbocycles. The summed E-state index contributed by atoms with van der Waals surface area (Å²) in [6.07, 6.45) is 3.35. The first-order valence-electron chi connectivity index (χ1n) is 5.09. The number of aromatic nitrogens is 3. The molecule has 0 unspecified atom stereocenters. The van der Waals surface area contributed by atoms with Gasteiger partial charge in [-0.1, -0.05) is 12.2 Å². The molecule has 0 spiro atoms. The third-order valence-corrected chi connectivity index (χ3v) is 2.57. The Bertz CT molecular complexity index is 561. The standard InChI is InChI=1S/C11H13N5S/c1-7-5-10(16(2)15-7)14-9-6-13-4-3-8(9)11(12)17/h3-6,14H,1-2H3,(H2,12,17). The second-order valence-corrected chi connectivity index (χ2v) is 4.14. The number of rotatable bonds is 3. The van der Waals surface area contributed by atoms with Gasteiger partial charge in [0.05, 0.1) is 17.6 Å². The van der Waals surface area contributed by atoms with Crippen LogP contribution in [0.1, 0.15) is 11.3 Å². The van der Waals surface area contributed by atoms with E-state index >= 15 is 0 Å². The summed E-state index contributed by atoms with van der Waals surface area (Å²) in [5.74, 6) is 0.869. The number of hydrogen-bond acceptors (Lipinski definition) is 4. The summed E-state index contributed by atoms with van der Waals surface area (Å²) in [5.41, 5.74) is 8.15. The van der Waals surface area contributed by atoms with E-state index in [4.69, 9.17) is 18.0 Å². The molecule has 0 radical (unpaired) electrons. The van der Waals surface area contributed by atoms with Crippen molar-refractivity contribution in [1.29, 1.82) is 0 Å². The third-order valence-electron chi connectivity index (χ3n) is 2.35.